The first-order valence-corrected chi connectivity index (χ1v) is 10.1. The highest BCUT2D eigenvalue weighted by Crippen LogP contribution is 2.29. The Balaban J connectivity index is 1.83. The molecule has 8 nitrogen and oxygen atoms in total. The third kappa shape index (κ3) is 2.48. The zero-order valence-corrected chi connectivity index (χ0v) is 15.3. The Bertz CT molecular complexity index is 1320. The highest BCUT2D eigenvalue weighted by molar-refractivity contribution is 7.91. The van der Waals surface area contributed by atoms with Crippen LogP contribution in [-0.4, -0.2) is 38.4 Å². The van der Waals surface area contributed by atoms with Crippen molar-refractivity contribution in [2.75, 3.05) is 0 Å². The smallest absolute Gasteiger partial charge is 0.219 e. The molecule has 0 saturated carbocycles. The first-order valence-electron chi connectivity index (χ1n) is 8.55. The number of sulfone groups is 1. The average Bonchev–Trinajstić information content (AvgIpc) is 3.34. The minimum absolute atomic E-state index is 0.166. The molecule has 0 amide bonds. The maximum Gasteiger partial charge on any atom is 0.253 e. The molecular weight excluding hydrogens is 376 g/mol. The van der Waals surface area contributed by atoms with E-state index in [1.165, 1.54) is 9.36 Å². The normalized spacial score (nSPS) is 12.2. The molecule has 0 radical (unpaired) electrons. The van der Waals surface area contributed by atoms with Gasteiger partial charge in [-0.1, -0.05) is 52.9 Å². The van der Waals surface area contributed by atoms with Crippen LogP contribution in [0.3, 0.4) is 0 Å². The zero-order chi connectivity index (χ0) is 19.1. The van der Waals surface area contributed by atoms with E-state index in [4.69, 9.17) is 0 Å². The van der Waals surface area contributed by atoms with Crippen LogP contribution in [0.2, 0.25) is 0 Å². The Morgan fingerprint density at radius 1 is 0.643 bits per heavy atom. The van der Waals surface area contributed by atoms with Gasteiger partial charge in [0.2, 0.25) is 9.84 Å². The summed E-state index contributed by atoms with van der Waals surface area (Å²) in [7, 11) is -3.91. The zero-order valence-electron chi connectivity index (χ0n) is 14.5. The minimum Gasteiger partial charge on any atom is -0.219 e. The van der Waals surface area contributed by atoms with E-state index in [1.807, 2.05) is 24.3 Å². The van der Waals surface area contributed by atoms with Crippen molar-refractivity contribution < 1.29 is 8.42 Å². The summed E-state index contributed by atoms with van der Waals surface area (Å²) < 4.78 is 30.0. The van der Waals surface area contributed by atoms with Gasteiger partial charge < -0.3 is 0 Å². The van der Waals surface area contributed by atoms with Crippen molar-refractivity contribution in [1.29, 1.82) is 0 Å². The van der Waals surface area contributed by atoms with Crippen LogP contribution in [0.15, 0.2) is 83.8 Å². The minimum atomic E-state index is -3.91. The van der Waals surface area contributed by atoms with Crippen LogP contribution in [0, 0.1) is 0 Å². The Kier molecular flexibility index (Phi) is 3.69. The quantitative estimate of drug-likeness (QED) is 0.468. The summed E-state index contributed by atoms with van der Waals surface area (Å²) in [4.78, 5) is 0.166. The molecule has 3 aromatic carbocycles. The number of benzene rings is 3. The van der Waals surface area contributed by atoms with Crippen LogP contribution in [-0.2, 0) is 9.84 Å². The van der Waals surface area contributed by atoms with E-state index < -0.39 is 15.3 Å². The number of fused-ring (bicyclic) bond motifs is 2. The third-order valence-corrected chi connectivity index (χ3v) is 6.41. The van der Waals surface area contributed by atoms with Gasteiger partial charge >= 0.3 is 0 Å². The SMILES string of the molecule is O=S(=O)(c1ccccc1)C(n1nnc2ccccc21)n1nnc2ccccc21. The molecule has 0 saturated heterocycles. The number of hydrogen-bond acceptors (Lipinski definition) is 6. The van der Waals surface area contributed by atoms with E-state index in [1.54, 1.807) is 54.6 Å². The van der Waals surface area contributed by atoms with Crippen LogP contribution >= 0.6 is 0 Å². The van der Waals surface area contributed by atoms with Crippen molar-refractivity contribution >= 4 is 31.9 Å². The fourth-order valence-corrected chi connectivity index (χ4v) is 4.82. The van der Waals surface area contributed by atoms with E-state index in [0.717, 1.165) is 0 Å². The first-order chi connectivity index (χ1) is 13.7. The standard InChI is InChI=1S/C19H14N6O2S/c26-28(27,14-8-2-1-3-9-14)19(24-17-12-6-4-10-15(17)20-22-24)25-18-13-7-5-11-16(18)21-23-25/h1-13,19H. The maximum absolute atomic E-state index is 13.6. The van der Waals surface area contributed by atoms with Crippen molar-refractivity contribution in [1.82, 2.24) is 30.0 Å². The lowest BCUT2D eigenvalue weighted by atomic mass is 10.3. The molecule has 0 spiro atoms. The predicted octanol–water partition coefficient (Wildman–Crippen LogP) is 2.65. The molecule has 0 aliphatic rings. The molecule has 2 aromatic heterocycles. The third-order valence-electron chi connectivity index (χ3n) is 4.52. The summed E-state index contributed by atoms with van der Waals surface area (Å²) in [5.41, 5.74) is 1.10. The molecule has 2 heterocycles. The number of aromatic nitrogens is 6. The molecule has 0 aliphatic carbocycles. The Morgan fingerprint density at radius 2 is 1.11 bits per heavy atom. The van der Waals surface area contributed by atoms with Gasteiger partial charge in [0.25, 0.3) is 5.50 Å². The van der Waals surface area contributed by atoms with E-state index in [-0.39, 0.29) is 4.90 Å². The lowest BCUT2D eigenvalue weighted by Gasteiger charge is -2.19. The maximum atomic E-state index is 13.6. The predicted molar refractivity (Wildman–Crippen MR) is 103 cm³/mol. The van der Waals surface area contributed by atoms with Gasteiger partial charge in [0, 0.05) is 0 Å². The molecule has 5 rings (SSSR count). The molecule has 9 heteroatoms. The van der Waals surface area contributed by atoms with E-state index in [2.05, 4.69) is 20.6 Å². The molecule has 0 fully saturated rings. The van der Waals surface area contributed by atoms with Gasteiger partial charge in [0.1, 0.15) is 11.0 Å². The van der Waals surface area contributed by atoms with Crippen LogP contribution in [0.4, 0.5) is 0 Å². The summed E-state index contributed by atoms with van der Waals surface area (Å²) in [5.74, 6) is 0. The van der Waals surface area contributed by atoms with Gasteiger partial charge in [-0.15, -0.1) is 10.2 Å². The first kappa shape index (κ1) is 16.6. The Hall–Kier alpha value is -3.59. The Morgan fingerprint density at radius 3 is 1.64 bits per heavy atom. The summed E-state index contributed by atoms with van der Waals surface area (Å²) >= 11 is 0. The van der Waals surface area contributed by atoms with E-state index in [0.29, 0.717) is 22.1 Å². The van der Waals surface area contributed by atoms with Gasteiger partial charge in [0.05, 0.1) is 15.9 Å². The molecule has 0 unspecified atom stereocenters. The molecular formula is C19H14N6O2S. The lowest BCUT2D eigenvalue weighted by Crippen LogP contribution is -2.29. The van der Waals surface area contributed by atoms with Crippen molar-refractivity contribution in [3.63, 3.8) is 0 Å². The molecule has 0 atom stereocenters. The van der Waals surface area contributed by atoms with Crippen LogP contribution < -0.4 is 0 Å². The number of hydrogen-bond donors (Lipinski definition) is 0. The molecule has 0 aliphatic heterocycles. The average molecular weight is 390 g/mol. The molecule has 0 bridgehead atoms. The number of rotatable bonds is 4. The highest BCUT2D eigenvalue weighted by Gasteiger charge is 2.35. The van der Waals surface area contributed by atoms with Crippen molar-refractivity contribution in [2.45, 2.75) is 10.4 Å². The molecule has 138 valence electrons. The van der Waals surface area contributed by atoms with Crippen molar-refractivity contribution in [2.24, 2.45) is 0 Å². The van der Waals surface area contributed by atoms with Gasteiger partial charge in [-0.25, -0.2) is 17.8 Å². The number of para-hydroxylation sites is 2. The van der Waals surface area contributed by atoms with Crippen molar-refractivity contribution in [3.05, 3.63) is 78.9 Å². The monoisotopic (exact) mass is 390 g/mol. The topological polar surface area (TPSA) is 95.6 Å². The molecule has 5 aromatic rings. The van der Waals surface area contributed by atoms with E-state index >= 15 is 0 Å². The van der Waals surface area contributed by atoms with Gasteiger partial charge in [-0.3, -0.25) is 0 Å². The summed E-state index contributed by atoms with van der Waals surface area (Å²) in [6.45, 7) is 0. The van der Waals surface area contributed by atoms with Crippen molar-refractivity contribution in [3.8, 4) is 0 Å². The second-order valence-electron chi connectivity index (χ2n) is 6.23. The lowest BCUT2D eigenvalue weighted by molar-refractivity contribution is 0.447. The van der Waals surface area contributed by atoms with Gasteiger partial charge in [0.15, 0.2) is 0 Å². The summed E-state index contributed by atoms with van der Waals surface area (Å²) in [5, 5.41) is 16.5. The fraction of sp³-hybridized carbons (Fsp3) is 0.0526. The van der Waals surface area contributed by atoms with E-state index in [9.17, 15) is 8.42 Å². The van der Waals surface area contributed by atoms with Crippen LogP contribution in [0.25, 0.3) is 22.1 Å². The molecule has 0 N–H and O–H groups in total. The van der Waals surface area contributed by atoms with Gasteiger partial charge in [-0.05, 0) is 36.4 Å². The van der Waals surface area contributed by atoms with Crippen LogP contribution in [0.5, 0.6) is 0 Å². The largest absolute Gasteiger partial charge is 0.253 e. The summed E-state index contributed by atoms with van der Waals surface area (Å²) in [6, 6.07) is 22.6. The fourth-order valence-electron chi connectivity index (χ4n) is 3.20. The second-order valence-corrected chi connectivity index (χ2v) is 8.21. The second kappa shape index (κ2) is 6.24. The summed E-state index contributed by atoms with van der Waals surface area (Å²) in [6.07, 6.45) is 0. The van der Waals surface area contributed by atoms with Gasteiger partial charge in [-0.2, -0.15) is 0 Å². The molecule has 28 heavy (non-hydrogen) atoms. The number of nitrogens with zero attached hydrogens (tertiary/aromatic N) is 6. The Labute approximate surface area is 159 Å². The van der Waals surface area contributed by atoms with Crippen LogP contribution in [0.1, 0.15) is 5.50 Å². The highest BCUT2D eigenvalue weighted by atomic mass is 32.2.